The van der Waals surface area contributed by atoms with Gasteiger partial charge in [0.2, 0.25) is 0 Å². The zero-order valence-corrected chi connectivity index (χ0v) is 29.5. The zero-order valence-electron chi connectivity index (χ0n) is 27.5. The van der Waals surface area contributed by atoms with Crippen molar-refractivity contribution >= 4 is 33.9 Å². The Morgan fingerprint density at radius 1 is 0.878 bits per heavy atom. The fourth-order valence-corrected chi connectivity index (χ4v) is 5.71. The van der Waals surface area contributed by atoms with Crippen LogP contribution in [-0.2, 0) is 33.3 Å². The lowest BCUT2D eigenvalue weighted by Crippen LogP contribution is -2.41. The normalized spacial score (nSPS) is 13.4. The minimum absolute atomic E-state index is 0.152. The molecular formula is C34H55NO4Si2. The summed E-state index contributed by atoms with van der Waals surface area (Å²) in [7, 11) is -3.76. The van der Waals surface area contributed by atoms with E-state index in [1.807, 2.05) is 19.1 Å². The van der Waals surface area contributed by atoms with Crippen molar-refractivity contribution in [3.8, 4) is 0 Å². The van der Waals surface area contributed by atoms with Crippen LogP contribution >= 0.6 is 0 Å². The van der Waals surface area contributed by atoms with Crippen molar-refractivity contribution in [2.24, 2.45) is 0 Å². The minimum Gasteiger partial charge on any atom is -0.481 e. The van der Waals surface area contributed by atoms with E-state index < -0.39 is 22.6 Å². The van der Waals surface area contributed by atoms with Gasteiger partial charge in [0.25, 0.3) is 0 Å². The molecule has 228 valence electrons. The quantitative estimate of drug-likeness (QED) is 0.212. The number of carboxylic acids is 1. The highest BCUT2D eigenvalue weighted by atomic mass is 28.4. The van der Waals surface area contributed by atoms with Crippen molar-refractivity contribution in [2.75, 3.05) is 11.9 Å². The Morgan fingerprint density at radius 2 is 1.46 bits per heavy atom. The highest BCUT2D eigenvalue weighted by molar-refractivity contribution is 6.74. The number of aliphatic carboxylic acids is 1. The van der Waals surface area contributed by atoms with Crippen molar-refractivity contribution in [2.45, 2.75) is 117 Å². The summed E-state index contributed by atoms with van der Waals surface area (Å²) in [5.41, 5.74) is 7.00. The van der Waals surface area contributed by atoms with Crippen LogP contribution in [0.15, 0.2) is 48.5 Å². The first-order valence-electron chi connectivity index (χ1n) is 14.9. The van der Waals surface area contributed by atoms with Gasteiger partial charge in [0.15, 0.2) is 16.6 Å². The number of anilines is 1. The molecule has 2 aromatic carbocycles. The number of carboxylic acid groups (broad SMARTS) is 1. The lowest BCUT2D eigenvalue weighted by molar-refractivity contribution is -0.136. The van der Waals surface area contributed by atoms with E-state index in [2.05, 4.69) is 109 Å². The summed E-state index contributed by atoms with van der Waals surface area (Å²) >= 11 is 0. The topological polar surface area (TPSA) is 67.8 Å². The van der Waals surface area contributed by atoms with Crippen LogP contribution in [0.3, 0.4) is 0 Å². The monoisotopic (exact) mass is 597 g/mol. The maximum absolute atomic E-state index is 10.8. The highest BCUT2D eigenvalue weighted by Gasteiger charge is 2.38. The Morgan fingerprint density at radius 3 is 2.02 bits per heavy atom. The summed E-state index contributed by atoms with van der Waals surface area (Å²) in [6, 6.07) is 15.1. The Kier molecular flexibility index (Phi) is 12.2. The van der Waals surface area contributed by atoms with Crippen LogP contribution in [0.25, 0.3) is 5.57 Å². The van der Waals surface area contributed by atoms with Gasteiger partial charge in [0.05, 0.1) is 13.2 Å². The molecule has 41 heavy (non-hydrogen) atoms. The fraction of sp³-hybridized carbons (Fsp3) is 0.559. The van der Waals surface area contributed by atoms with Crippen molar-refractivity contribution in [3.05, 3.63) is 70.8 Å². The third-order valence-electron chi connectivity index (χ3n) is 8.93. The molecule has 0 bridgehead atoms. The molecule has 0 aromatic heterocycles. The summed E-state index contributed by atoms with van der Waals surface area (Å²) in [6.45, 7) is 27.0. The van der Waals surface area contributed by atoms with Crippen molar-refractivity contribution in [1.29, 1.82) is 0 Å². The van der Waals surface area contributed by atoms with E-state index in [1.165, 1.54) is 16.7 Å². The van der Waals surface area contributed by atoms with E-state index in [1.54, 1.807) is 0 Å². The summed E-state index contributed by atoms with van der Waals surface area (Å²) in [6.07, 6.45) is 3.59. The van der Waals surface area contributed by atoms with Gasteiger partial charge in [-0.15, -0.1) is 0 Å². The second-order valence-electron chi connectivity index (χ2n) is 14.3. The van der Waals surface area contributed by atoms with Crippen LogP contribution in [0.5, 0.6) is 0 Å². The molecule has 0 aliphatic carbocycles. The van der Waals surface area contributed by atoms with Crippen LogP contribution in [0.4, 0.5) is 5.69 Å². The Bertz CT molecular complexity index is 1190. The van der Waals surface area contributed by atoms with Crippen molar-refractivity contribution in [1.82, 2.24) is 0 Å². The molecule has 0 spiro atoms. The highest BCUT2D eigenvalue weighted by Crippen LogP contribution is 2.39. The van der Waals surface area contributed by atoms with E-state index in [9.17, 15) is 4.79 Å². The summed E-state index contributed by atoms with van der Waals surface area (Å²) in [4.78, 5) is 10.8. The maximum atomic E-state index is 10.8. The van der Waals surface area contributed by atoms with Gasteiger partial charge in [-0.05, 0) is 96.0 Å². The molecule has 0 unspecified atom stereocenters. The molecule has 0 heterocycles. The van der Waals surface area contributed by atoms with Gasteiger partial charge in [-0.2, -0.15) is 0 Å². The lowest BCUT2D eigenvalue weighted by atomic mass is 10.0. The van der Waals surface area contributed by atoms with Crippen molar-refractivity contribution in [3.63, 3.8) is 0 Å². The summed E-state index contributed by atoms with van der Waals surface area (Å²) in [5.74, 6) is -0.768. The average Bonchev–Trinajstić information content (AvgIpc) is 2.85. The molecule has 0 saturated carbocycles. The Hall–Kier alpha value is -2.20. The molecule has 0 aliphatic rings. The first-order chi connectivity index (χ1) is 18.8. The standard InChI is InChI=1S/C34H55NO4Si2/c1-26(14-12-17-32(36)37)28-15-13-16-31(23-28)35-21-20-27-18-19-29(24-38-40(8,9)33(2,3)4)30(22-27)25-39-41(10,11)34(5,6)7/h13-16,18-19,22-23,35H,12,17,20-21,24-25H2,1-11H3,(H,36,37)/b26-14-. The summed E-state index contributed by atoms with van der Waals surface area (Å²) < 4.78 is 13.3. The third kappa shape index (κ3) is 10.9. The first kappa shape index (κ1) is 35.0. The van der Waals surface area contributed by atoms with E-state index in [0.717, 1.165) is 29.8 Å². The second-order valence-corrected chi connectivity index (χ2v) is 23.9. The van der Waals surface area contributed by atoms with Crippen LogP contribution in [-0.4, -0.2) is 34.3 Å². The molecule has 0 amide bonds. The number of allylic oxidation sites excluding steroid dienone is 2. The Labute approximate surface area is 252 Å². The third-order valence-corrected chi connectivity index (χ3v) is 17.9. The molecule has 7 heteroatoms. The van der Waals surface area contributed by atoms with Gasteiger partial charge in [-0.25, -0.2) is 0 Å². The number of hydrogen-bond acceptors (Lipinski definition) is 4. The molecule has 0 radical (unpaired) electrons. The minimum atomic E-state index is -1.89. The molecule has 0 fully saturated rings. The maximum Gasteiger partial charge on any atom is 0.303 e. The van der Waals surface area contributed by atoms with Crippen LogP contribution in [0.1, 0.15) is 83.6 Å². The van der Waals surface area contributed by atoms with E-state index in [-0.39, 0.29) is 16.5 Å². The van der Waals surface area contributed by atoms with Crippen molar-refractivity contribution < 1.29 is 18.8 Å². The van der Waals surface area contributed by atoms with E-state index in [0.29, 0.717) is 19.6 Å². The van der Waals surface area contributed by atoms with E-state index in [4.69, 9.17) is 14.0 Å². The van der Waals surface area contributed by atoms with Gasteiger partial charge in [-0.1, -0.05) is 78.0 Å². The molecular weight excluding hydrogens is 543 g/mol. The number of carbonyl (C=O) groups is 1. The zero-order chi connectivity index (χ0) is 31.1. The van der Waals surface area contributed by atoms with Gasteiger partial charge in [0.1, 0.15) is 0 Å². The number of hydrogen-bond donors (Lipinski definition) is 2. The molecule has 2 N–H and O–H groups in total. The predicted octanol–water partition coefficient (Wildman–Crippen LogP) is 9.65. The second kappa shape index (κ2) is 14.3. The molecule has 0 atom stereocenters. The first-order valence-corrected chi connectivity index (χ1v) is 20.8. The molecule has 0 aliphatic heterocycles. The molecule has 5 nitrogen and oxygen atoms in total. The molecule has 2 aromatic rings. The summed E-state index contributed by atoms with van der Waals surface area (Å²) in [5, 5.41) is 12.8. The molecule has 0 saturated heterocycles. The van der Waals surface area contributed by atoms with Crippen LogP contribution in [0, 0.1) is 0 Å². The molecule has 2 rings (SSSR count). The predicted molar refractivity (Wildman–Crippen MR) is 180 cm³/mol. The van der Waals surface area contributed by atoms with Gasteiger partial charge >= 0.3 is 5.97 Å². The largest absolute Gasteiger partial charge is 0.481 e. The number of benzene rings is 2. The van der Waals surface area contributed by atoms with Crippen LogP contribution in [0.2, 0.25) is 36.3 Å². The number of rotatable bonds is 14. The fourth-order valence-electron chi connectivity index (χ4n) is 3.81. The van der Waals surface area contributed by atoms with Gasteiger partial charge in [0, 0.05) is 18.7 Å². The van der Waals surface area contributed by atoms with Gasteiger partial charge < -0.3 is 19.3 Å². The average molecular weight is 598 g/mol. The van der Waals surface area contributed by atoms with Crippen LogP contribution < -0.4 is 5.32 Å². The van der Waals surface area contributed by atoms with E-state index >= 15 is 0 Å². The number of nitrogens with one attached hydrogen (secondary N) is 1. The SMILES string of the molecule is C/C(=C/CCC(=O)O)c1cccc(NCCc2ccc(CO[Si](C)(C)C(C)(C)C)c(CO[Si](C)(C)C(C)(C)C)c2)c1. The lowest BCUT2D eigenvalue weighted by Gasteiger charge is -2.37. The smallest absolute Gasteiger partial charge is 0.303 e. The van der Waals surface area contributed by atoms with Gasteiger partial charge in [-0.3, -0.25) is 4.79 Å². The Balaban J connectivity index is 2.15.